The quantitative estimate of drug-likeness (QED) is 0.374. The van der Waals surface area contributed by atoms with Crippen LogP contribution < -0.4 is 4.74 Å². The van der Waals surface area contributed by atoms with Gasteiger partial charge >= 0.3 is 5.97 Å². The molecule has 0 fully saturated rings. The second kappa shape index (κ2) is 8.81. The van der Waals surface area contributed by atoms with Gasteiger partial charge in [0, 0.05) is 18.7 Å². The number of carbonyl (C=O) groups excluding carboxylic acids is 1. The average Bonchev–Trinajstić information content (AvgIpc) is 2.68. The summed E-state index contributed by atoms with van der Waals surface area (Å²) in [7, 11) is -1.91. The van der Waals surface area contributed by atoms with E-state index < -0.39 is 38.0 Å². The molecule has 0 atom stereocenters. The van der Waals surface area contributed by atoms with Crippen LogP contribution in [0.15, 0.2) is 47.4 Å². The van der Waals surface area contributed by atoms with Gasteiger partial charge < -0.3 is 9.47 Å². The molecule has 0 aromatic heterocycles. The molecule has 0 N–H and O–H groups in total. The van der Waals surface area contributed by atoms with Crippen molar-refractivity contribution in [2.45, 2.75) is 18.4 Å². The molecule has 2 rings (SSSR count). The van der Waals surface area contributed by atoms with Crippen molar-refractivity contribution in [3.63, 3.8) is 0 Å². The van der Waals surface area contributed by atoms with E-state index >= 15 is 0 Å². The van der Waals surface area contributed by atoms with Crippen molar-refractivity contribution < 1.29 is 27.6 Å². The van der Waals surface area contributed by atoms with Crippen LogP contribution in [0.1, 0.15) is 11.1 Å². The molecule has 0 spiro atoms. The van der Waals surface area contributed by atoms with E-state index in [1.807, 2.05) is 19.1 Å². The smallest absolute Gasteiger partial charge is 0.321 e. The maximum Gasteiger partial charge on any atom is 0.321 e. The number of hydrogen-bond acceptors (Lipinski definition) is 7. The van der Waals surface area contributed by atoms with Gasteiger partial charge in [-0.1, -0.05) is 24.3 Å². The third kappa shape index (κ3) is 4.65. The lowest BCUT2D eigenvalue weighted by Gasteiger charge is -2.23. The number of nitro benzene ring substituents is 1. The van der Waals surface area contributed by atoms with Gasteiger partial charge in [0.05, 0.1) is 19.1 Å². The van der Waals surface area contributed by atoms with Crippen LogP contribution >= 0.6 is 0 Å². The number of non-ortho nitro benzene ring substituents is 1. The number of nitrogens with zero attached hydrogens (tertiary/aromatic N) is 2. The predicted octanol–water partition coefficient (Wildman–Crippen LogP) is 2.28. The number of methoxy groups -OCH3 is 2. The number of rotatable bonds is 8. The molecule has 150 valence electrons. The maximum absolute atomic E-state index is 13.3. The Balaban J connectivity index is 2.57. The fourth-order valence-corrected chi connectivity index (χ4v) is 4.07. The molecular formula is C18H20N2O7S. The van der Waals surface area contributed by atoms with Gasteiger partial charge in [0.2, 0.25) is 10.0 Å². The molecule has 0 aliphatic carbocycles. The summed E-state index contributed by atoms with van der Waals surface area (Å²) in [6.07, 6.45) is 0. The molecule has 0 aliphatic heterocycles. The molecule has 2 aromatic carbocycles. The summed E-state index contributed by atoms with van der Waals surface area (Å²) in [5.74, 6) is -0.827. The van der Waals surface area contributed by atoms with Crippen molar-refractivity contribution in [3.8, 4) is 5.75 Å². The summed E-state index contributed by atoms with van der Waals surface area (Å²) in [5.41, 5.74) is 1.10. The van der Waals surface area contributed by atoms with Crippen LogP contribution in [-0.2, 0) is 26.1 Å². The van der Waals surface area contributed by atoms with Gasteiger partial charge in [-0.25, -0.2) is 8.42 Å². The van der Waals surface area contributed by atoms with Gasteiger partial charge in [-0.2, -0.15) is 4.31 Å². The SMILES string of the molecule is COC(=O)CN(Cc1ccccc1C)S(=O)(=O)c1cc([N+](=O)[O-])ccc1OC. The zero-order valence-electron chi connectivity index (χ0n) is 15.6. The molecule has 28 heavy (non-hydrogen) atoms. The molecule has 9 nitrogen and oxygen atoms in total. The van der Waals surface area contributed by atoms with Crippen LogP contribution in [0.5, 0.6) is 5.75 Å². The van der Waals surface area contributed by atoms with Gasteiger partial charge in [-0.3, -0.25) is 14.9 Å². The number of esters is 1. The molecule has 0 saturated carbocycles. The highest BCUT2D eigenvalue weighted by Gasteiger charge is 2.32. The van der Waals surface area contributed by atoms with E-state index in [0.29, 0.717) is 5.56 Å². The van der Waals surface area contributed by atoms with Crippen molar-refractivity contribution in [1.29, 1.82) is 0 Å². The summed E-state index contributed by atoms with van der Waals surface area (Å²) >= 11 is 0. The molecule has 10 heteroatoms. The minimum atomic E-state index is -4.32. The van der Waals surface area contributed by atoms with E-state index in [-0.39, 0.29) is 12.3 Å². The Kier molecular flexibility index (Phi) is 6.71. The molecule has 0 heterocycles. The van der Waals surface area contributed by atoms with E-state index in [2.05, 4.69) is 4.74 Å². The summed E-state index contributed by atoms with van der Waals surface area (Å²) < 4.78 is 37.1. The number of benzene rings is 2. The predicted molar refractivity (Wildman–Crippen MR) is 100 cm³/mol. The fourth-order valence-electron chi connectivity index (χ4n) is 2.53. The highest BCUT2D eigenvalue weighted by Crippen LogP contribution is 2.31. The average molecular weight is 408 g/mol. The van der Waals surface area contributed by atoms with Crippen LogP contribution in [0, 0.1) is 17.0 Å². The van der Waals surface area contributed by atoms with Gasteiger partial charge in [0.25, 0.3) is 5.69 Å². The number of hydrogen-bond donors (Lipinski definition) is 0. The third-order valence-corrected chi connectivity index (χ3v) is 5.93. The van der Waals surface area contributed by atoms with Gasteiger partial charge in [-0.05, 0) is 24.1 Å². The third-order valence-electron chi connectivity index (χ3n) is 4.12. The first-order valence-corrected chi connectivity index (χ1v) is 9.58. The summed E-state index contributed by atoms with van der Waals surface area (Å²) in [4.78, 5) is 21.8. The molecule has 0 unspecified atom stereocenters. The van der Waals surface area contributed by atoms with E-state index in [1.54, 1.807) is 12.1 Å². The summed E-state index contributed by atoms with van der Waals surface area (Å²) in [6, 6.07) is 10.4. The van der Waals surface area contributed by atoms with E-state index in [4.69, 9.17) is 4.74 Å². The number of ether oxygens (including phenoxy) is 2. The Morgan fingerprint density at radius 1 is 1.18 bits per heavy atom. The summed E-state index contributed by atoms with van der Waals surface area (Å²) in [6.45, 7) is 1.14. The van der Waals surface area contributed by atoms with Crippen molar-refractivity contribution >= 4 is 21.7 Å². The van der Waals surface area contributed by atoms with Crippen LogP contribution in [0.2, 0.25) is 0 Å². The molecule has 0 radical (unpaired) electrons. The van der Waals surface area contributed by atoms with Crippen molar-refractivity contribution in [2.24, 2.45) is 0 Å². The summed E-state index contributed by atoms with van der Waals surface area (Å²) in [5, 5.41) is 11.1. The molecule has 0 amide bonds. The standard InChI is InChI=1S/C18H20N2O7S/c1-13-6-4-5-7-14(13)11-19(12-18(21)27-3)28(24,25)17-10-15(20(22)23)8-9-16(17)26-2/h4-10H,11-12H2,1-3H3. The Morgan fingerprint density at radius 2 is 1.86 bits per heavy atom. The second-order valence-electron chi connectivity index (χ2n) is 5.87. The number of aryl methyl sites for hydroxylation is 1. The minimum absolute atomic E-state index is 0.0646. The maximum atomic E-state index is 13.3. The Labute approximate surface area is 162 Å². The van der Waals surface area contributed by atoms with E-state index in [1.165, 1.54) is 13.2 Å². The molecule has 0 aliphatic rings. The molecular weight excluding hydrogens is 388 g/mol. The highest BCUT2D eigenvalue weighted by atomic mass is 32.2. The topological polar surface area (TPSA) is 116 Å². The van der Waals surface area contributed by atoms with Crippen LogP contribution in [0.4, 0.5) is 5.69 Å². The lowest BCUT2D eigenvalue weighted by atomic mass is 10.1. The van der Waals surface area contributed by atoms with Crippen molar-refractivity contribution in [3.05, 3.63) is 63.7 Å². The zero-order valence-corrected chi connectivity index (χ0v) is 16.4. The monoisotopic (exact) mass is 408 g/mol. The fraction of sp³-hybridized carbons (Fsp3) is 0.278. The highest BCUT2D eigenvalue weighted by molar-refractivity contribution is 7.89. The number of sulfonamides is 1. The largest absolute Gasteiger partial charge is 0.495 e. The lowest BCUT2D eigenvalue weighted by molar-refractivity contribution is -0.385. The number of nitro groups is 1. The van der Waals surface area contributed by atoms with Gasteiger partial charge in [0.15, 0.2) is 0 Å². The molecule has 0 bridgehead atoms. The van der Waals surface area contributed by atoms with E-state index in [0.717, 1.165) is 29.1 Å². The lowest BCUT2D eigenvalue weighted by Crippen LogP contribution is -2.36. The Bertz CT molecular complexity index is 989. The zero-order chi connectivity index (χ0) is 20.9. The van der Waals surface area contributed by atoms with Gasteiger partial charge in [0.1, 0.15) is 17.2 Å². The minimum Gasteiger partial charge on any atom is -0.495 e. The van der Waals surface area contributed by atoms with E-state index in [9.17, 15) is 23.3 Å². The first kappa shape index (κ1) is 21.3. The first-order valence-electron chi connectivity index (χ1n) is 8.14. The molecule has 0 saturated heterocycles. The van der Waals surface area contributed by atoms with Crippen LogP contribution in [-0.4, -0.2) is 44.4 Å². The van der Waals surface area contributed by atoms with Crippen molar-refractivity contribution in [1.82, 2.24) is 4.31 Å². The molecule has 2 aromatic rings. The van der Waals surface area contributed by atoms with Gasteiger partial charge in [-0.15, -0.1) is 0 Å². The van der Waals surface area contributed by atoms with Crippen LogP contribution in [0.3, 0.4) is 0 Å². The Hall–Kier alpha value is -2.98. The first-order chi connectivity index (χ1) is 13.2. The van der Waals surface area contributed by atoms with Crippen molar-refractivity contribution in [2.75, 3.05) is 20.8 Å². The van der Waals surface area contributed by atoms with Crippen LogP contribution in [0.25, 0.3) is 0 Å². The second-order valence-corrected chi connectivity index (χ2v) is 7.77. The normalized spacial score (nSPS) is 11.3. The Morgan fingerprint density at radius 3 is 2.43 bits per heavy atom. The number of carbonyl (C=O) groups is 1.